The minimum Gasteiger partial charge on any atom is -0.504 e. The van der Waals surface area contributed by atoms with Gasteiger partial charge in [-0.3, -0.25) is 0 Å². The van der Waals surface area contributed by atoms with E-state index in [1.54, 1.807) is 0 Å². The highest BCUT2D eigenvalue weighted by atomic mass is 16.7. The summed E-state index contributed by atoms with van der Waals surface area (Å²) in [4.78, 5) is 0. The van der Waals surface area contributed by atoms with Crippen molar-refractivity contribution in [3.63, 3.8) is 0 Å². The molecule has 3 saturated heterocycles. The van der Waals surface area contributed by atoms with Gasteiger partial charge in [0.1, 0.15) is 79.0 Å². The lowest BCUT2D eigenvalue weighted by Crippen LogP contribution is -2.63. The fraction of sp³-hybridized carbons (Fsp3) is 0.760. The Hall–Kier alpha value is -1.98. The zero-order chi connectivity index (χ0) is 31.6. The third-order valence-corrected chi connectivity index (χ3v) is 7.44. The monoisotopic (exact) mass is 626 g/mol. The van der Waals surface area contributed by atoms with Crippen molar-refractivity contribution < 1.29 is 89.3 Å². The molecule has 1 aromatic rings. The van der Waals surface area contributed by atoms with Crippen LogP contribution >= 0.6 is 0 Å². The quantitative estimate of drug-likeness (QED) is 0.115. The van der Waals surface area contributed by atoms with Gasteiger partial charge in [0, 0.05) is 6.07 Å². The predicted octanol–water partition coefficient (Wildman–Crippen LogP) is -5.77. The molecule has 15 atom stereocenters. The van der Waals surface area contributed by atoms with Crippen LogP contribution in [0.1, 0.15) is 0 Å². The normalized spacial score (nSPS) is 43.7. The van der Waals surface area contributed by atoms with E-state index < -0.39 is 112 Å². The Labute approximate surface area is 244 Å². The molecule has 0 amide bonds. The SMILES string of the molecule is COc1ccc(O[C@@H]2O[C@H](CO[C@@H]3O[C@H](CO[C@@H]4O[C@H](CO)[C@@H](O)[C@H](O)[C@H]4O)[C@@H](O)[C@H](O)[C@H]3O)[C@@H](O)[C@H](O)[C@H]2O)cc1O. The maximum atomic E-state index is 10.4. The summed E-state index contributed by atoms with van der Waals surface area (Å²) >= 11 is 0. The van der Waals surface area contributed by atoms with Gasteiger partial charge < -0.3 is 89.3 Å². The van der Waals surface area contributed by atoms with Crippen LogP contribution in [0.15, 0.2) is 18.2 Å². The van der Waals surface area contributed by atoms with E-state index in [2.05, 4.69) is 0 Å². The number of aromatic hydroxyl groups is 1. The van der Waals surface area contributed by atoms with Crippen molar-refractivity contribution in [3.05, 3.63) is 18.2 Å². The summed E-state index contributed by atoms with van der Waals surface area (Å²) in [6.45, 7) is -1.89. The number of phenolic OH excluding ortho intramolecular Hbond substituents is 1. The summed E-state index contributed by atoms with van der Waals surface area (Å²) in [6.07, 6.45) is -24.5. The Morgan fingerprint density at radius 1 is 0.605 bits per heavy atom. The lowest BCUT2D eigenvalue weighted by Gasteiger charge is -2.43. The Kier molecular flexibility index (Phi) is 11.4. The minimum atomic E-state index is -1.83. The van der Waals surface area contributed by atoms with Crippen molar-refractivity contribution in [2.75, 3.05) is 26.9 Å². The number of hydrogen-bond donors (Lipinski definition) is 11. The largest absolute Gasteiger partial charge is 0.504 e. The smallest absolute Gasteiger partial charge is 0.229 e. The number of aliphatic hydroxyl groups excluding tert-OH is 10. The second kappa shape index (κ2) is 14.4. The maximum Gasteiger partial charge on any atom is 0.229 e. The lowest BCUT2D eigenvalue weighted by atomic mass is 9.98. The Morgan fingerprint density at radius 2 is 1.05 bits per heavy atom. The molecule has 0 bridgehead atoms. The van der Waals surface area contributed by atoms with Gasteiger partial charge in [0.15, 0.2) is 24.1 Å². The van der Waals surface area contributed by atoms with E-state index in [9.17, 15) is 56.2 Å². The highest BCUT2D eigenvalue weighted by Gasteiger charge is 2.49. The Bertz CT molecular complexity index is 1030. The highest BCUT2D eigenvalue weighted by Crippen LogP contribution is 2.32. The number of hydrogen-bond acceptors (Lipinski definition) is 18. The predicted molar refractivity (Wildman–Crippen MR) is 134 cm³/mol. The van der Waals surface area contributed by atoms with E-state index in [-0.39, 0.29) is 17.2 Å². The van der Waals surface area contributed by atoms with Crippen LogP contribution < -0.4 is 9.47 Å². The van der Waals surface area contributed by atoms with Crippen LogP contribution in [-0.2, 0) is 23.7 Å². The molecule has 3 aliphatic heterocycles. The zero-order valence-corrected chi connectivity index (χ0v) is 22.8. The molecule has 11 N–H and O–H groups in total. The number of benzene rings is 1. The van der Waals surface area contributed by atoms with Gasteiger partial charge >= 0.3 is 0 Å². The van der Waals surface area contributed by atoms with Crippen LogP contribution in [0.2, 0.25) is 0 Å². The first-order chi connectivity index (χ1) is 20.4. The molecule has 0 aliphatic carbocycles. The first kappa shape index (κ1) is 33.9. The molecule has 43 heavy (non-hydrogen) atoms. The lowest BCUT2D eigenvalue weighted by molar-refractivity contribution is -0.339. The van der Waals surface area contributed by atoms with Gasteiger partial charge in [-0.05, 0) is 12.1 Å². The standard InChI is InChI=1S/C25H38O18/c1-37-10-3-2-8(4-9(10)27)40-25-22(36)19(33)16(30)13(43-25)7-39-24-21(35)18(32)15(29)12(42-24)6-38-23-20(34)17(31)14(28)11(5-26)41-23/h2-4,11-36H,5-7H2,1H3/t11-,12-,13-,14-,15-,16-,17+,18+,19+,20-,21-,22-,23-,24-,25-/m1/s1. The highest BCUT2D eigenvalue weighted by molar-refractivity contribution is 5.44. The molecule has 18 nitrogen and oxygen atoms in total. The molecule has 0 unspecified atom stereocenters. The number of rotatable bonds is 10. The number of phenols is 1. The van der Waals surface area contributed by atoms with Crippen LogP contribution in [0.25, 0.3) is 0 Å². The van der Waals surface area contributed by atoms with E-state index in [0.717, 1.165) is 0 Å². The van der Waals surface area contributed by atoms with Gasteiger partial charge in [-0.15, -0.1) is 0 Å². The first-order valence-corrected chi connectivity index (χ1v) is 13.3. The molecule has 0 spiro atoms. The Balaban J connectivity index is 1.37. The molecule has 0 radical (unpaired) electrons. The van der Waals surface area contributed by atoms with E-state index in [1.165, 1.54) is 25.3 Å². The van der Waals surface area contributed by atoms with Gasteiger partial charge in [0.2, 0.25) is 6.29 Å². The number of ether oxygens (including phenoxy) is 7. The topological polar surface area (TPSA) is 287 Å². The van der Waals surface area contributed by atoms with Gasteiger partial charge in [0.05, 0.1) is 26.9 Å². The second-order valence-electron chi connectivity index (χ2n) is 10.3. The fourth-order valence-corrected chi connectivity index (χ4v) is 4.81. The first-order valence-electron chi connectivity index (χ1n) is 13.3. The molecule has 1 aromatic carbocycles. The number of methoxy groups -OCH3 is 1. The molecular formula is C25H38O18. The minimum absolute atomic E-state index is 0.0241. The number of aliphatic hydroxyl groups is 10. The summed E-state index contributed by atoms with van der Waals surface area (Å²) in [5.41, 5.74) is 0. The van der Waals surface area contributed by atoms with Crippen LogP contribution in [-0.4, -0.2) is 175 Å². The van der Waals surface area contributed by atoms with E-state index in [0.29, 0.717) is 0 Å². The van der Waals surface area contributed by atoms with Crippen LogP contribution in [0.5, 0.6) is 17.2 Å². The van der Waals surface area contributed by atoms with Crippen LogP contribution in [0, 0.1) is 0 Å². The summed E-state index contributed by atoms with van der Waals surface area (Å²) < 4.78 is 37.6. The van der Waals surface area contributed by atoms with Gasteiger partial charge in [-0.1, -0.05) is 0 Å². The summed E-state index contributed by atoms with van der Waals surface area (Å²) in [5, 5.41) is 112. The molecule has 246 valence electrons. The summed E-state index contributed by atoms with van der Waals surface area (Å²) in [6, 6.07) is 3.94. The van der Waals surface area contributed by atoms with Gasteiger partial charge in [0.25, 0.3) is 0 Å². The zero-order valence-electron chi connectivity index (χ0n) is 22.8. The fourth-order valence-electron chi connectivity index (χ4n) is 4.81. The molecular weight excluding hydrogens is 588 g/mol. The molecule has 4 rings (SSSR count). The van der Waals surface area contributed by atoms with Crippen molar-refractivity contribution in [1.29, 1.82) is 0 Å². The van der Waals surface area contributed by atoms with E-state index >= 15 is 0 Å². The summed E-state index contributed by atoms with van der Waals surface area (Å²) in [7, 11) is 1.34. The van der Waals surface area contributed by atoms with Crippen molar-refractivity contribution in [3.8, 4) is 17.2 Å². The molecule has 3 heterocycles. The third-order valence-electron chi connectivity index (χ3n) is 7.44. The second-order valence-corrected chi connectivity index (χ2v) is 10.3. The molecule has 0 aromatic heterocycles. The Morgan fingerprint density at radius 3 is 1.51 bits per heavy atom. The molecule has 3 aliphatic rings. The van der Waals surface area contributed by atoms with Crippen molar-refractivity contribution >= 4 is 0 Å². The van der Waals surface area contributed by atoms with Gasteiger partial charge in [-0.2, -0.15) is 0 Å². The molecule has 3 fully saturated rings. The van der Waals surface area contributed by atoms with E-state index in [4.69, 9.17) is 33.2 Å². The van der Waals surface area contributed by atoms with Gasteiger partial charge in [-0.25, -0.2) is 0 Å². The average molecular weight is 627 g/mol. The molecule has 18 heteroatoms. The third kappa shape index (κ3) is 7.30. The van der Waals surface area contributed by atoms with Crippen molar-refractivity contribution in [1.82, 2.24) is 0 Å². The van der Waals surface area contributed by atoms with Crippen molar-refractivity contribution in [2.45, 2.75) is 92.1 Å². The van der Waals surface area contributed by atoms with Crippen LogP contribution in [0.4, 0.5) is 0 Å². The van der Waals surface area contributed by atoms with Crippen LogP contribution in [0.3, 0.4) is 0 Å². The molecule has 0 saturated carbocycles. The maximum absolute atomic E-state index is 10.4. The summed E-state index contributed by atoms with van der Waals surface area (Å²) in [5.74, 6) is -0.106. The average Bonchev–Trinajstić information content (AvgIpc) is 2.99. The van der Waals surface area contributed by atoms with Crippen molar-refractivity contribution in [2.24, 2.45) is 0 Å². The van der Waals surface area contributed by atoms with E-state index in [1.807, 2.05) is 0 Å².